The van der Waals surface area contributed by atoms with Crippen molar-refractivity contribution in [1.82, 2.24) is 15.2 Å². The Labute approximate surface area is 162 Å². The predicted molar refractivity (Wildman–Crippen MR) is 108 cm³/mol. The molecule has 0 aliphatic carbocycles. The van der Waals surface area contributed by atoms with Crippen LogP contribution in [0.5, 0.6) is 0 Å². The fourth-order valence-electron chi connectivity index (χ4n) is 3.47. The monoisotopic (exact) mass is 373 g/mol. The third kappa shape index (κ3) is 5.05. The Morgan fingerprint density at radius 3 is 2.81 bits per heavy atom. The number of halogens is 1. The van der Waals surface area contributed by atoms with E-state index in [0.29, 0.717) is 6.54 Å². The molecule has 0 spiro atoms. The highest BCUT2D eigenvalue weighted by molar-refractivity contribution is 5.96. The van der Waals surface area contributed by atoms with Crippen molar-refractivity contribution in [2.75, 3.05) is 13.1 Å². The Balaban J connectivity index is 0.00000243. The van der Waals surface area contributed by atoms with Crippen LogP contribution < -0.4 is 5.32 Å². The molecule has 1 aromatic carbocycles. The SMILES string of the molecule is Cc1ccc(C)c(C(=O)N(Cc2ccccn2)C2CCCNCC2)c1.Cl. The van der Waals surface area contributed by atoms with E-state index in [1.165, 1.54) is 0 Å². The third-order valence-corrected chi connectivity index (χ3v) is 4.93. The average molecular weight is 374 g/mol. The molecule has 2 heterocycles. The molecule has 1 saturated heterocycles. The number of amides is 1. The second-order valence-corrected chi connectivity index (χ2v) is 6.91. The van der Waals surface area contributed by atoms with Crippen LogP contribution in [0.3, 0.4) is 0 Å². The quantitative estimate of drug-likeness (QED) is 0.883. The van der Waals surface area contributed by atoms with Crippen molar-refractivity contribution in [3.63, 3.8) is 0 Å². The van der Waals surface area contributed by atoms with Crippen LogP contribution in [0.4, 0.5) is 0 Å². The maximum atomic E-state index is 13.4. The molecule has 1 unspecified atom stereocenters. The Bertz CT molecular complexity index is 712. The van der Waals surface area contributed by atoms with E-state index < -0.39 is 0 Å². The second kappa shape index (κ2) is 9.70. The van der Waals surface area contributed by atoms with Crippen molar-refractivity contribution in [1.29, 1.82) is 0 Å². The van der Waals surface area contributed by atoms with Crippen LogP contribution in [0.1, 0.15) is 46.4 Å². The van der Waals surface area contributed by atoms with Crippen LogP contribution in [0.2, 0.25) is 0 Å². The van der Waals surface area contributed by atoms with Gasteiger partial charge in [-0.1, -0.05) is 23.8 Å². The molecule has 4 nitrogen and oxygen atoms in total. The van der Waals surface area contributed by atoms with Crippen molar-refractivity contribution in [2.45, 2.75) is 45.7 Å². The molecule has 1 amide bonds. The zero-order valence-electron chi connectivity index (χ0n) is 15.6. The lowest BCUT2D eigenvalue weighted by Crippen LogP contribution is -2.40. The highest BCUT2D eigenvalue weighted by Gasteiger charge is 2.27. The molecule has 0 radical (unpaired) electrons. The van der Waals surface area contributed by atoms with Crippen LogP contribution in [-0.4, -0.2) is 34.9 Å². The van der Waals surface area contributed by atoms with Gasteiger partial charge >= 0.3 is 0 Å². The molecule has 1 aliphatic rings. The predicted octanol–water partition coefficient (Wildman–Crippen LogP) is 3.90. The molecular formula is C21H28ClN3O. The largest absolute Gasteiger partial charge is 0.330 e. The minimum Gasteiger partial charge on any atom is -0.330 e. The number of rotatable bonds is 4. The topological polar surface area (TPSA) is 45.2 Å². The van der Waals surface area contributed by atoms with Crippen LogP contribution in [0.15, 0.2) is 42.6 Å². The molecule has 3 rings (SSSR count). The highest BCUT2D eigenvalue weighted by Crippen LogP contribution is 2.21. The number of aromatic nitrogens is 1. The van der Waals surface area contributed by atoms with Gasteiger partial charge in [0.2, 0.25) is 0 Å². The third-order valence-electron chi connectivity index (χ3n) is 4.93. The molecule has 2 aromatic rings. The summed E-state index contributed by atoms with van der Waals surface area (Å²) >= 11 is 0. The van der Waals surface area contributed by atoms with Crippen LogP contribution in [-0.2, 0) is 6.54 Å². The van der Waals surface area contributed by atoms with Gasteiger partial charge in [0, 0.05) is 17.8 Å². The van der Waals surface area contributed by atoms with Crippen LogP contribution in [0.25, 0.3) is 0 Å². The number of nitrogens with one attached hydrogen (secondary N) is 1. The smallest absolute Gasteiger partial charge is 0.254 e. The molecule has 1 N–H and O–H groups in total. The molecule has 1 atom stereocenters. The summed E-state index contributed by atoms with van der Waals surface area (Å²) in [6.07, 6.45) is 4.92. The van der Waals surface area contributed by atoms with E-state index in [9.17, 15) is 4.79 Å². The normalized spacial score (nSPS) is 17.1. The van der Waals surface area contributed by atoms with Gasteiger partial charge in [-0.2, -0.15) is 0 Å². The van der Waals surface area contributed by atoms with E-state index in [1.807, 2.05) is 49.1 Å². The molecule has 1 aliphatic heterocycles. The van der Waals surface area contributed by atoms with Gasteiger partial charge in [0.15, 0.2) is 0 Å². The van der Waals surface area contributed by atoms with E-state index in [0.717, 1.165) is 54.7 Å². The summed E-state index contributed by atoms with van der Waals surface area (Å²) < 4.78 is 0. The number of hydrogen-bond donors (Lipinski definition) is 1. The first kappa shape index (κ1) is 20.4. The summed E-state index contributed by atoms with van der Waals surface area (Å²) in [5, 5.41) is 3.44. The van der Waals surface area contributed by atoms with Crippen molar-refractivity contribution >= 4 is 18.3 Å². The summed E-state index contributed by atoms with van der Waals surface area (Å²) in [4.78, 5) is 19.9. The van der Waals surface area contributed by atoms with Gasteiger partial charge < -0.3 is 10.2 Å². The van der Waals surface area contributed by atoms with Gasteiger partial charge in [0.1, 0.15) is 0 Å². The zero-order chi connectivity index (χ0) is 17.6. The lowest BCUT2D eigenvalue weighted by molar-refractivity contribution is 0.0641. The number of pyridine rings is 1. The molecular weight excluding hydrogens is 346 g/mol. The first-order chi connectivity index (χ1) is 12.1. The number of hydrogen-bond acceptors (Lipinski definition) is 3. The maximum Gasteiger partial charge on any atom is 0.254 e. The van der Waals surface area contributed by atoms with E-state index >= 15 is 0 Å². The summed E-state index contributed by atoms with van der Waals surface area (Å²) in [7, 11) is 0. The van der Waals surface area contributed by atoms with Crippen molar-refractivity contribution in [3.05, 3.63) is 65.0 Å². The standard InChI is InChI=1S/C21H27N3O.ClH/c1-16-8-9-17(2)20(14-16)21(25)24(15-18-6-3-4-12-23-18)19-7-5-11-22-13-10-19;/h3-4,6,8-9,12,14,19,22H,5,7,10-11,13,15H2,1-2H3;1H. The molecule has 26 heavy (non-hydrogen) atoms. The van der Waals surface area contributed by atoms with Crippen molar-refractivity contribution in [2.24, 2.45) is 0 Å². The van der Waals surface area contributed by atoms with Gasteiger partial charge in [0.05, 0.1) is 12.2 Å². The van der Waals surface area contributed by atoms with E-state index in [-0.39, 0.29) is 24.4 Å². The van der Waals surface area contributed by atoms with Crippen LogP contribution in [0, 0.1) is 13.8 Å². The number of carbonyl (C=O) groups is 1. The molecule has 0 bridgehead atoms. The molecule has 140 valence electrons. The molecule has 0 saturated carbocycles. The molecule has 1 aromatic heterocycles. The van der Waals surface area contributed by atoms with Gasteiger partial charge in [-0.15, -0.1) is 12.4 Å². The Hall–Kier alpha value is -1.91. The average Bonchev–Trinajstić information content (AvgIpc) is 2.91. The van der Waals surface area contributed by atoms with Gasteiger partial charge in [-0.3, -0.25) is 9.78 Å². The minimum absolute atomic E-state index is 0. The molecule has 5 heteroatoms. The van der Waals surface area contributed by atoms with E-state index in [1.54, 1.807) is 6.20 Å². The van der Waals surface area contributed by atoms with Gasteiger partial charge in [0.25, 0.3) is 5.91 Å². The van der Waals surface area contributed by atoms with Gasteiger partial charge in [-0.25, -0.2) is 0 Å². The Morgan fingerprint density at radius 1 is 1.19 bits per heavy atom. The summed E-state index contributed by atoms with van der Waals surface area (Å²) in [6, 6.07) is 12.3. The van der Waals surface area contributed by atoms with E-state index in [2.05, 4.69) is 16.4 Å². The number of benzene rings is 1. The summed E-state index contributed by atoms with van der Waals surface area (Å²) in [5.74, 6) is 0.124. The van der Waals surface area contributed by atoms with Crippen molar-refractivity contribution in [3.8, 4) is 0 Å². The lowest BCUT2D eigenvalue weighted by Gasteiger charge is -2.31. The minimum atomic E-state index is 0. The molecule has 1 fully saturated rings. The van der Waals surface area contributed by atoms with Crippen LogP contribution >= 0.6 is 12.4 Å². The van der Waals surface area contributed by atoms with Gasteiger partial charge in [-0.05, 0) is 70.0 Å². The number of aryl methyl sites for hydroxylation is 2. The lowest BCUT2D eigenvalue weighted by atomic mass is 10.0. The number of carbonyl (C=O) groups excluding carboxylic acids is 1. The highest BCUT2D eigenvalue weighted by atomic mass is 35.5. The second-order valence-electron chi connectivity index (χ2n) is 6.91. The first-order valence-electron chi connectivity index (χ1n) is 9.14. The number of nitrogens with zero attached hydrogens (tertiary/aromatic N) is 2. The first-order valence-corrected chi connectivity index (χ1v) is 9.14. The van der Waals surface area contributed by atoms with Crippen molar-refractivity contribution < 1.29 is 4.79 Å². The Kier molecular flexibility index (Phi) is 7.61. The summed E-state index contributed by atoms with van der Waals surface area (Å²) in [6.45, 7) is 6.61. The fourth-order valence-corrected chi connectivity index (χ4v) is 3.47. The summed E-state index contributed by atoms with van der Waals surface area (Å²) in [5.41, 5.74) is 3.91. The Morgan fingerprint density at radius 2 is 2.04 bits per heavy atom. The fraction of sp³-hybridized carbons (Fsp3) is 0.429. The maximum absolute atomic E-state index is 13.4. The zero-order valence-corrected chi connectivity index (χ0v) is 16.4. The van der Waals surface area contributed by atoms with E-state index in [4.69, 9.17) is 0 Å².